The summed E-state index contributed by atoms with van der Waals surface area (Å²) in [5, 5.41) is 11.5. The first kappa shape index (κ1) is 13.3. The molecule has 1 fully saturated rings. The van der Waals surface area contributed by atoms with Crippen LogP contribution in [0.15, 0.2) is 5.16 Å². The molecule has 0 aliphatic heterocycles. The lowest BCUT2D eigenvalue weighted by Gasteiger charge is -2.15. The van der Waals surface area contributed by atoms with E-state index in [1.807, 2.05) is 13.8 Å². The first-order chi connectivity index (χ1) is 7.58. The number of nitrogens with two attached hydrogens (primary N) is 1. The Morgan fingerprint density at radius 2 is 2.12 bits per heavy atom. The van der Waals surface area contributed by atoms with Gasteiger partial charge < -0.3 is 20.4 Å². The van der Waals surface area contributed by atoms with Crippen molar-refractivity contribution in [2.45, 2.75) is 39.2 Å². The molecule has 5 nitrogen and oxygen atoms in total. The Hall–Kier alpha value is -0.810. The van der Waals surface area contributed by atoms with E-state index in [-0.39, 0.29) is 11.5 Å². The Kier molecular flexibility index (Phi) is 5.02. The molecule has 1 aliphatic rings. The summed E-state index contributed by atoms with van der Waals surface area (Å²) in [4.78, 5) is 0. The van der Waals surface area contributed by atoms with Crippen LogP contribution >= 0.6 is 0 Å². The van der Waals surface area contributed by atoms with Crippen LogP contribution in [0.4, 0.5) is 0 Å². The summed E-state index contributed by atoms with van der Waals surface area (Å²) in [6.07, 6.45) is 3.05. The van der Waals surface area contributed by atoms with Gasteiger partial charge in [0, 0.05) is 11.8 Å². The third-order valence-electron chi connectivity index (χ3n) is 2.73. The molecule has 16 heavy (non-hydrogen) atoms. The van der Waals surface area contributed by atoms with Crippen molar-refractivity contribution in [1.29, 1.82) is 0 Å². The van der Waals surface area contributed by atoms with Crippen molar-refractivity contribution in [3.8, 4) is 0 Å². The summed E-state index contributed by atoms with van der Waals surface area (Å²) in [7, 11) is 0. The molecular formula is C11H22N2O3. The molecule has 3 N–H and O–H groups in total. The molecule has 0 aromatic carbocycles. The maximum absolute atomic E-state index is 8.50. The summed E-state index contributed by atoms with van der Waals surface area (Å²) in [6, 6.07) is 0. The van der Waals surface area contributed by atoms with Gasteiger partial charge in [-0.05, 0) is 26.7 Å². The fraction of sp³-hybridized carbons (Fsp3) is 0.909. The zero-order chi connectivity index (χ0) is 12.0. The summed E-state index contributed by atoms with van der Waals surface area (Å²) in [5.41, 5.74) is 5.61. The van der Waals surface area contributed by atoms with Crippen LogP contribution < -0.4 is 5.73 Å². The molecule has 5 heteroatoms. The Labute approximate surface area is 96.6 Å². The second-order valence-electron chi connectivity index (χ2n) is 4.74. The van der Waals surface area contributed by atoms with Gasteiger partial charge in [0.2, 0.25) is 0 Å². The van der Waals surface area contributed by atoms with Crippen LogP contribution in [0.2, 0.25) is 0 Å². The normalized spacial score (nSPS) is 19.1. The van der Waals surface area contributed by atoms with Crippen molar-refractivity contribution in [1.82, 2.24) is 0 Å². The molecule has 0 aromatic rings. The van der Waals surface area contributed by atoms with Gasteiger partial charge in [0.15, 0.2) is 0 Å². The highest BCUT2D eigenvalue weighted by molar-refractivity contribution is 5.80. The number of ether oxygens (including phenoxy) is 2. The lowest BCUT2D eigenvalue weighted by atomic mass is 10.0. The first-order valence-corrected chi connectivity index (χ1v) is 5.74. The molecule has 1 rings (SSSR count). The molecule has 0 radical (unpaired) electrons. The number of hydrogen-bond acceptors (Lipinski definition) is 4. The molecular weight excluding hydrogens is 208 g/mol. The van der Waals surface area contributed by atoms with Gasteiger partial charge in [-0.15, -0.1) is 0 Å². The zero-order valence-electron chi connectivity index (χ0n) is 10.1. The quantitative estimate of drug-likeness (QED) is 0.217. The highest BCUT2D eigenvalue weighted by Crippen LogP contribution is 2.48. The van der Waals surface area contributed by atoms with Gasteiger partial charge in [-0.1, -0.05) is 5.16 Å². The van der Waals surface area contributed by atoms with E-state index < -0.39 is 0 Å². The second kappa shape index (κ2) is 6.06. The van der Waals surface area contributed by atoms with Gasteiger partial charge in [-0.25, -0.2) is 0 Å². The third-order valence-corrected chi connectivity index (χ3v) is 2.73. The second-order valence-corrected chi connectivity index (χ2v) is 4.74. The molecule has 0 saturated heterocycles. The minimum absolute atomic E-state index is 0.119. The molecule has 94 valence electrons. The van der Waals surface area contributed by atoms with Gasteiger partial charge in [0.05, 0.1) is 25.9 Å². The van der Waals surface area contributed by atoms with Crippen molar-refractivity contribution in [3.05, 3.63) is 0 Å². The van der Waals surface area contributed by atoms with Gasteiger partial charge in [0.25, 0.3) is 0 Å². The van der Waals surface area contributed by atoms with Gasteiger partial charge in [0.1, 0.15) is 5.84 Å². The number of amidine groups is 1. The van der Waals surface area contributed by atoms with Crippen molar-refractivity contribution in [3.63, 3.8) is 0 Å². The lowest BCUT2D eigenvalue weighted by molar-refractivity contribution is 0.00724. The Balaban J connectivity index is 2.08. The highest BCUT2D eigenvalue weighted by Gasteiger charge is 2.43. The smallest absolute Gasteiger partial charge is 0.139 e. The molecule has 0 heterocycles. The van der Waals surface area contributed by atoms with E-state index in [9.17, 15) is 0 Å². The predicted octanol–water partition coefficient (Wildman–Crippen LogP) is 1.34. The Morgan fingerprint density at radius 1 is 1.44 bits per heavy atom. The fourth-order valence-electron chi connectivity index (χ4n) is 1.60. The van der Waals surface area contributed by atoms with Crippen LogP contribution in [0, 0.1) is 5.41 Å². The average molecular weight is 230 g/mol. The van der Waals surface area contributed by atoms with Crippen molar-refractivity contribution >= 4 is 5.84 Å². The molecule has 1 aliphatic carbocycles. The molecule has 0 spiro atoms. The van der Waals surface area contributed by atoms with Crippen molar-refractivity contribution in [2.24, 2.45) is 16.3 Å². The minimum atomic E-state index is 0.119. The first-order valence-electron chi connectivity index (χ1n) is 5.74. The molecule has 0 bridgehead atoms. The summed E-state index contributed by atoms with van der Waals surface area (Å²) in [5.74, 6) is 0.291. The van der Waals surface area contributed by atoms with E-state index >= 15 is 0 Å². The minimum Gasteiger partial charge on any atom is -0.409 e. The fourth-order valence-corrected chi connectivity index (χ4v) is 1.60. The van der Waals surface area contributed by atoms with E-state index in [1.54, 1.807) is 0 Å². The van der Waals surface area contributed by atoms with Gasteiger partial charge in [-0.2, -0.15) is 0 Å². The lowest BCUT2D eigenvalue weighted by Crippen LogP contribution is -2.22. The van der Waals surface area contributed by atoms with E-state index in [2.05, 4.69) is 5.16 Å². The van der Waals surface area contributed by atoms with Gasteiger partial charge in [-0.3, -0.25) is 0 Å². The number of oxime groups is 1. The monoisotopic (exact) mass is 230 g/mol. The maximum atomic E-state index is 8.50. The average Bonchev–Trinajstić information content (AvgIpc) is 2.97. The number of nitrogens with zero attached hydrogens (tertiary/aromatic N) is 1. The van der Waals surface area contributed by atoms with E-state index in [0.717, 1.165) is 12.8 Å². The van der Waals surface area contributed by atoms with Crippen LogP contribution in [0.5, 0.6) is 0 Å². The summed E-state index contributed by atoms with van der Waals surface area (Å²) < 4.78 is 10.9. The molecule has 0 atom stereocenters. The van der Waals surface area contributed by atoms with E-state index in [4.69, 9.17) is 20.4 Å². The standard InChI is InChI=1S/C11H22N2O3/c1-9(2)16-6-5-15-8-11(3-4-11)7-10(12)13-14/h9,14H,3-8H2,1-2H3,(H2,12,13). The largest absolute Gasteiger partial charge is 0.409 e. The Morgan fingerprint density at radius 3 is 2.62 bits per heavy atom. The predicted molar refractivity (Wildman–Crippen MR) is 61.6 cm³/mol. The van der Waals surface area contributed by atoms with Crippen LogP contribution in [-0.4, -0.2) is 37.0 Å². The summed E-state index contributed by atoms with van der Waals surface area (Å²) >= 11 is 0. The maximum Gasteiger partial charge on any atom is 0.139 e. The van der Waals surface area contributed by atoms with Crippen LogP contribution in [0.25, 0.3) is 0 Å². The zero-order valence-corrected chi connectivity index (χ0v) is 10.1. The highest BCUT2D eigenvalue weighted by atomic mass is 16.5. The Bertz CT molecular complexity index is 237. The van der Waals surface area contributed by atoms with Crippen LogP contribution in [-0.2, 0) is 9.47 Å². The molecule has 0 unspecified atom stereocenters. The van der Waals surface area contributed by atoms with Crippen LogP contribution in [0.3, 0.4) is 0 Å². The summed E-state index contributed by atoms with van der Waals surface area (Å²) in [6.45, 7) is 5.90. The SMILES string of the molecule is CC(C)OCCOCC1(CC(N)=NO)CC1. The van der Waals surface area contributed by atoms with Crippen molar-refractivity contribution in [2.75, 3.05) is 19.8 Å². The van der Waals surface area contributed by atoms with E-state index in [0.29, 0.717) is 32.1 Å². The van der Waals surface area contributed by atoms with Gasteiger partial charge >= 0.3 is 0 Å². The number of hydrogen-bond donors (Lipinski definition) is 2. The number of rotatable bonds is 8. The third kappa shape index (κ3) is 4.81. The van der Waals surface area contributed by atoms with E-state index in [1.165, 1.54) is 0 Å². The molecule has 0 amide bonds. The van der Waals surface area contributed by atoms with Crippen LogP contribution in [0.1, 0.15) is 33.1 Å². The molecule has 1 saturated carbocycles. The van der Waals surface area contributed by atoms with Crippen molar-refractivity contribution < 1.29 is 14.7 Å². The topological polar surface area (TPSA) is 77.1 Å². The molecule has 0 aromatic heterocycles.